The van der Waals surface area contributed by atoms with Gasteiger partial charge in [0.25, 0.3) is 0 Å². The minimum absolute atomic E-state index is 0.0356. The zero-order chi connectivity index (χ0) is 9.35. The first kappa shape index (κ1) is 8.90. The van der Waals surface area contributed by atoms with Crippen molar-refractivity contribution in [3.63, 3.8) is 0 Å². The normalized spacial score (nSPS) is 11.9. The second-order valence-corrected chi connectivity index (χ2v) is 3.98. The summed E-state index contributed by atoms with van der Waals surface area (Å²) in [6.07, 6.45) is 0.602. The van der Waals surface area contributed by atoms with Crippen LogP contribution in [0.25, 0.3) is 0 Å². The van der Waals surface area contributed by atoms with E-state index >= 15 is 0 Å². The second-order valence-electron chi connectivity index (χ2n) is 3.98. The Morgan fingerprint density at radius 1 is 1.33 bits per heavy atom. The maximum Gasteiger partial charge on any atom is 0.520 e. The van der Waals surface area contributed by atoms with Crippen molar-refractivity contribution in [1.29, 1.82) is 0 Å². The predicted octanol–water partition coefficient (Wildman–Crippen LogP) is 1.40. The third-order valence-corrected chi connectivity index (χ3v) is 1.37. The molecule has 0 saturated heterocycles. The van der Waals surface area contributed by atoms with Crippen LogP contribution < -0.4 is 11.6 Å². The molecule has 0 aliphatic heterocycles. The molecule has 0 unspecified atom stereocenters. The van der Waals surface area contributed by atoms with Crippen LogP contribution in [0.3, 0.4) is 0 Å². The Hall–Kier alpha value is -1.19. The second kappa shape index (κ2) is 2.69. The van der Waals surface area contributed by atoms with Gasteiger partial charge in [0.1, 0.15) is 0 Å². The first-order chi connectivity index (χ1) is 5.38. The molecule has 12 heavy (non-hydrogen) atoms. The van der Waals surface area contributed by atoms with Gasteiger partial charge in [-0.25, -0.2) is 4.79 Å². The molecule has 0 fully saturated rings. The Morgan fingerprint density at radius 3 is 2.25 bits per heavy atom. The van der Waals surface area contributed by atoms with Crippen LogP contribution in [0.15, 0.2) is 13.6 Å². The summed E-state index contributed by atoms with van der Waals surface area (Å²) >= 11 is 0. The quantitative estimate of drug-likeness (QED) is 0.693. The molecule has 1 heterocycles. The monoisotopic (exact) mass is 171 g/mol. The van der Waals surface area contributed by atoms with Gasteiger partial charge < -0.3 is 14.6 Å². The molecule has 0 saturated carbocycles. The van der Waals surface area contributed by atoms with Crippen molar-refractivity contribution in [2.45, 2.75) is 27.2 Å². The third-order valence-electron chi connectivity index (χ3n) is 1.37. The third kappa shape index (κ3) is 2.15. The van der Waals surface area contributed by atoms with Gasteiger partial charge in [0.15, 0.2) is 5.76 Å². The number of rotatable bonds is 1. The lowest BCUT2D eigenvalue weighted by Gasteiger charge is -2.14. The van der Waals surface area contributed by atoms with Gasteiger partial charge in [0.05, 0.1) is 0 Å². The van der Waals surface area contributed by atoms with Gasteiger partial charge in [-0.15, -0.1) is 0 Å². The molecule has 0 aromatic carbocycles. The van der Waals surface area contributed by atoms with Crippen molar-refractivity contribution in [2.24, 2.45) is 5.41 Å². The summed E-state index contributed by atoms with van der Waals surface area (Å²) in [5.74, 6) is -0.200. The molecule has 0 atom stereocenters. The smallest absolute Gasteiger partial charge is 0.394 e. The highest BCUT2D eigenvalue weighted by Gasteiger charge is 2.18. The Morgan fingerprint density at radius 2 is 1.92 bits per heavy atom. The van der Waals surface area contributed by atoms with Crippen LogP contribution >= 0.6 is 0 Å². The highest BCUT2D eigenvalue weighted by molar-refractivity contribution is 5.27. The fourth-order valence-corrected chi connectivity index (χ4v) is 0.923. The van der Waals surface area contributed by atoms with Gasteiger partial charge in [-0.3, -0.25) is 0 Å². The molecule has 1 aromatic rings. The van der Waals surface area contributed by atoms with E-state index in [-0.39, 0.29) is 11.3 Å². The average molecular weight is 171 g/mol. The standard InChI is InChI=1S/C8H13NO3/c1-8(2,3)4-5-6(9)12-7(10)11-5/h4,9H2,1-3H3. The van der Waals surface area contributed by atoms with Crippen molar-refractivity contribution in [1.82, 2.24) is 0 Å². The van der Waals surface area contributed by atoms with Gasteiger partial charge in [0.2, 0.25) is 5.88 Å². The molecule has 1 rings (SSSR count). The lowest BCUT2D eigenvalue weighted by atomic mass is 9.91. The summed E-state index contributed by atoms with van der Waals surface area (Å²) in [6.45, 7) is 6.08. The molecular formula is C8H13NO3. The maximum absolute atomic E-state index is 10.6. The van der Waals surface area contributed by atoms with Gasteiger partial charge in [-0.2, -0.15) is 0 Å². The maximum atomic E-state index is 10.6. The van der Waals surface area contributed by atoms with Crippen molar-refractivity contribution in [3.05, 3.63) is 16.4 Å². The largest absolute Gasteiger partial charge is 0.520 e. The number of hydrogen-bond acceptors (Lipinski definition) is 4. The summed E-state index contributed by atoms with van der Waals surface area (Å²) in [6, 6.07) is 0. The van der Waals surface area contributed by atoms with E-state index in [1.807, 2.05) is 20.8 Å². The van der Waals surface area contributed by atoms with E-state index in [2.05, 4.69) is 4.42 Å². The predicted molar refractivity (Wildman–Crippen MR) is 44.8 cm³/mol. The van der Waals surface area contributed by atoms with Crippen molar-refractivity contribution in [2.75, 3.05) is 5.73 Å². The number of hydrogen-bond donors (Lipinski definition) is 1. The molecule has 68 valence electrons. The van der Waals surface area contributed by atoms with E-state index in [1.54, 1.807) is 0 Å². The van der Waals surface area contributed by atoms with E-state index in [1.165, 1.54) is 0 Å². The van der Waals surface area contributed by atoms with Crippen LogP contribution in [0.1, 0.15) is 26.5 Å². The molecule has 0 amide bonds. The summed E-state index contributed by atoms with van der Waals surface area (Å²) in [7, 11) is 0. The Balaban J connectivity index is 2.90. The van der Waals surface area contributed by atoms with Crippen LogP contribution in [0, 0.1) is 5.41 Å². The lowest BCUT2D eigenvalue weighted by Crippen LogP contribution is -2.09. The lowest BCUT2D eigenvalue weighted by molar-refractivity contribution is 0.335. The van der Waals surface area contributed by atoms with Gasteiger partial charge in [0, 0.05) is 6.42 Å². The first-order valence-corrected chi connectivity index (χ1v) is 3.77. The van der Waals surface area contributed by atoms with E-state index in [4.69, 9.17) is 10.2 Å². The van der Waals surface area contributed by atoms with Gasteiger partial charge in [-0.05, 0) is 5.41 Å². The van der Waals surface area contributed by atoms with E-state index < -0.39 is 5.82 Å². The van der Waals surface area contributed by atoms with Crippen molar-refractivity contribution in [3.8, 4) is 0 Å². The zero-order valence-electron chi connectivity index (χ0n) is 7.51. The van der Waals surface area contributed by atoms with E-state index in [0.717, 1.165) is 0 Å². The first-order valence-electron chi connectivity index (χ1n) is 3.77. The molecule has 0 spiro atoms. The molecule has 4 nitrogen and oxygen atoms in total. The molecule has 0 aliphatic carbocycles. The summed E-state index contributed by atoms with van der Waals surface area (Å²) in [5.41, 5.74) is 5.42. The Kier molecular flexibility index (Phi) is 2.00. The summed E-state index contributed by atoms with van der Waals surface area (Å²) in [5, 5.41) is 0. The number of anilines is 1. The van der Waals surface area contributed by atoms with Gasteiger partial charge in [-0.1, -0.05) is 20.8 Å². The van der Waals surface area contributed by atoms with Crippen LogP contribution in [0.2, 0.25) is 0 Å². The van der Waals surface area contributed by atoms with E-state index in [0.29, 0.717) is 12.2 Å². The number of nitrogens with two attached hydrogens (primary N) is 1. The van der Waals surface area contributed by atoms with Crippen LogP contribution in [-0.4, -0.2) is 0 Å². The van der Waals surface area contributed by atoms with Crippen molar-refractivity contribution < 1.29 is 8.83 Å². The van der Waals surface area contributed by atoms with Crippen LogP contribution in [-0.2, 0) is 6.42 Å². The summed E-state index contributed by atoms with van der Waals surface area (Å²) < 4.78 is 9.26. The molecule has 4 heteroatoms. The zero-order valence-corrected chi connectivity index (χ0v) is 7.51. The fourth-order valence-electron chi connectivity index (χ4n) is 0.923. The molecule has 1 aromatic heterocycles. The fraction of sp³-hybridized carbons (Fsp3) is 0.625. The molecular weight excluding hydrogens is 158 g/mol. The van der Waals surface area contributed by atoms with Gasteiger partial charge >= 0.3 is 5.82 Å². The minimum Gasteiger partial charge on any atom is -0.394 e. The molecule has 0 radical (unpaired) electrons. The Labute approximate surface area is 70.4 Å². The molecule has 0 aliphatic rings. The van der Waals surface area contributed by atoms with E-state index in [9.17, 15) is 4.79 Å². The topological polar surface area (TPSA) is 69.4 Å². The van der Waals surface area contributed by atoms with Crippen LogP contribution in [0.4, 0.5) is 5.88 Å². The molecule has 2 N–H and O–H groups in total. The SMILES string of the molecule is CC(C)(C)Cc1oc(=O)oc1N. The molecule has 0 bridgehead atoms. The highest BCUT2D eigenvalue weighted by Crippen LogP contribution is 2.23. The highest BCUT2D eigenvalue weighted by atomic mass is 16.6. The summed E-state index contributed by atoms with van der Waals surface area (Å²) in [4.78, 5) is 10.6. The van der Waals surface area contributed by atoms with Crippen molar-refractivity contribution >= 4 is 5.88 Å². The van der Waals surface area contributed by atoms with Crippen LogP contribution in [0.5, 0.6) is 0 Å². The minimum atomic E-state index is -0.730. The Bertz CT molecular complexity index is 316. The number of nitrogen functional groups attached to an aromatic ring is 1. The average Bonchev–Trinajstić information content (AvgIpc) is 2.06.